The van der Waals surface area contributed by atoms with Gasteiger partial charge in [-0.3, -0.25) is 9.59 Å². The van der Waals surface area contributed by atoms with E-state index >= 15 is 0 Å². The third-order valence-electron chi connectivity index (χ3n) is 7.60. The first-order chi connectivity index (χ1) is 17.1. The molecule has 1 saturated heterocycles. The van der Waals surface area contributed by atoms with Crippen LogP contribution in [0, 0.1) is 5.92 Å². The zero-order valence-electron chi connectivity index (χ0n) is 20.4. The summed E-state index contributed by atoms with van der Waals surface area (Å²) >= 11 is 0. The smallest absolute Gasteiger partial charge is 0.254 e. The number of likely N-dealkylation sites (N-methyl/N-ethyl adjacent to an activating group) is 1. The van der Waals surface area contributed by atoms with E-state index in [4.69, 9.17) is 4.74 Å². The van der Waals surface area contributed by atoms with Gasteiger partial charge in [0.25, 0.3) is 5.91 Å². The van der Waals surface area contributed by atoms with Crippen molar-refractivity contribution in [1.82, 2.24) is 9.80 Å². The first kappa shape index (κ1) is 23.2. The molecule has 35 heavy (non-hydrogen) atoms. The summed E-state index contributed by atoms with van der Waals surface area (Å²) in [5.74, 6) is 0.958. The largest absolute Gasteiger partial charge is 0.497 e. The molecule has 0 aromatic heterocycles. The Morgan fingerprint density at radius 2 is 1.57 bits per heavy atom. The summed E-state index contributed by atoms with van der Waals surface area (Å²) in [7, 11) is 3.44. The number of piperidine rings is 1. The molecule has 2 aliphatic rings. The number of ether oxygens (including phenoxy) is 1. The minimum atomic E-state index is -0.437. The molecule has 5 nitrogen and oxygen atoms in total. The van der Waals surface area contributed by atoms with Gasteiger partial charge in [0.1, 0.15) is 5.75 Å². The van der Waals surface area contributed by atoms with E-state index in [1.165, 1.54) is 5.56 Å². The van der Waals surface area contributed by atoms with Gasteiger partial charge in [-0.05, 0) is 60.1 Å². The summed E-state index contributed by atoms with van der Waals surface area (Å²) in [6.07, 6.45) is 3.05. The van der Waals surface area contributed by atoms with Crippen LogP contribution in [0.5, 0.6) is 5.75 Å². The second-order valence-electron chi connectivity index (χ2n) is 9.66. The van der Waals surface area contributed by atoms with E-state index in [0.717, 1.165) is 49.2 Å². The van der Waals surface area contributed by atoms with E-state index in [-0.39, 0.29) is 17.9 Å². The fourth-order valence-corrected chi connectivity index (χ4v) is 5.66. The molecule has 2 atom stereocenters. The van der Waals surface area contributed by atoms with Crippen molar-refractivity contribution < 1.29 is 14.3 Å². The highest BCUT2D eigenvalue weighted by Gasteiger charge is 2.44. The number of fused-ring (bicyclic) bond motifs is 1. The predicted octanol–water partition coefficient (Wildman–Crippen LogP) is 5.09. The first-order valence-corrected chi connectivity index (χ1v) is 12.4. The van der Waals surface area contributed by atoms with Crippen molar-refractivity contribution in [3.8, 4) is 5.75 Å². The highest BCUT2D eigenvalue weighted by atomic mass is 16.5. The standard InChI is InChI=1S/C30H32N2O3/c1-31-28(23-12-14-24(35-2)15-13-23)27(25-10-6-7-11-26(25)29(31)33)30(34)32-18-16-22(17-19-32)20-21-8-4-3-5-9-21/h3-15,22,27-28H,16-20H2,1-2H3/t27-,28+/m0/s1. The molecule has 2 amide bonds. The van der Waals surface area contributed by atoms with Crippen molar-refractivity contribution in [2.45, 2.75) is 31.2 Å². The van der Waals surface area contributed by atoms with Gasteiger partial charge in [0.15, 0.2) is 0 Å². The van der Waals surface area contributed by atoms with E-state index in [1.807, 2.05) is 59.5 Å². The van der Waals surface area contributed by atoms with E-state index in [9.17, 15) is 9.59 Å². The number of carbonyl (C=O) groups excluding carboxylic acids is 2. The Morgan fingerprint density at radius 3 is 2.26 bits per heavy atom. The summed E-state index contributed by atoms with van der Waals surface area (Å²) in [4.78, 5) is 31.1. The van der Waals surface area contributed by atoms with Gasteiger partial charge in [-0.2, -0.15) is 0 Å². The van der Waals surface area contributed by atoms with Crippen LogP contribution in [-0.2, 0) is 11.2 Å². The van der Waals surface area contributed by atoms with Gasteiger partial charge >= 0.3 is 0 Å². The lowest BCUT2D eigenvalue weighted by atomic mass is 9.78. The Labute approximate surface area is 207 Å². The Bertz CT molecular complexity index is 1180. The monoisotopic (exact) mass is 468 g/mol. The number of amides is 2. The zero-order chi connectivity index (χ0) is 24.4. The lowest BCUT2D eigenvalue weighted by Gasteiger charge is -2.43. The van der Waals surface area contributed by atoms with Gasteiger partial charge in [-0.15, -0.1) is 0 Å². The van der Waals surface area contributed by atoms with E-state index in [2.05, 4.69) is 24.3 Å². The quantitative estimate of drug-likeness (QED) is 0.524. The van der Waals surface area contributed by atoms with Gasteiger partial charge in [0.05, 0.1) is 19.1 Å². The van der Waals surface area contributed by atoms with Crippen LogP contribution in [0.4, 0.5) is 0 Å². The Hall–Kier alpha value is -3.60. The molecule has 2 heterocycles. The molecule has 0 unspecified atom stereocenters. The molecule has 0 aliphatic carbocycles. The molecule has 0 radical (unpaired) electrons. The van der Waals surface area contributed by atoms with Crippen molar-refractivity contribution >= 4 is 11.8 Å². The van der Waals surface area contributed by atoms with Crippen LogP contribution in [0.25, 0.3) is 0 Å². The molecule has 0 spiro atoms. The summed E-state index contributed by atoms with van der Waals surface area (Å²) in [6, 6.07) is 25.5. The number of hydrogen-bond acceptors (Lipinski definition) is 3. The van der Waals surface area contributed by atoms with Gasteiger partial charge in [0, 0.05) is 25.7 Å². The SMILES string of the molecule is COc1ccc([C@@H]2[C@@H](C(=O)N3CCC(Cc4ccccc4)CC3)c3ccccc3C(=O)N2C)cc1. The summed E-state index contributed by atoms with van der Waals surface area (Å²) in [5, 5.41) is 0. The third kappa shape index (κ3) is 4.55. The number of rotatable bonds is 5. The average molecular weight is 469 g/mol. The number of likely N-dealkylation sites (tertiary alicyclic amines) is 1. The Kier molecular flexibility index (Phi) is 6.58. The van der Waals surface area contributed by atoms with Crippen molar-refractivity contribution in [3.63, 3.8) is 0 Å². The van der Waals surface area contributed by atoms with Crippen molar-refractivity contribution in [1.29, 1.82) is 0 Å². The predicted molar refractivity (Wildman–Crippen MR) is 136 cm³/mol. The summed E-state index contributed by atoms with van der Waals surface area (Å²) in [6.45, 7) is 1.50. The van der Waals surface area contributed by atoms with Crippen LogP contribution in [0.15, 0.2) is 78.9 Å². The number of methoxy groups -OCH3 is 1. The van der Waals surface area contributed by atoms with Crippen LogP contribution in [-0.4, -0.2) is 48.9 Å². The number of hydrogen-bond donors (Lipinski definition) is 0. The van der Waals surface area contributed by atoms with E-state index in [0.29, 0.717) is 11.5 Å². The van der Waals surface area contributed by atoms with Crippen molar-refractivity contribution in [3.05, 3.63) is 101 Å². The minimum absolute atomic E-state index is 0.0490. The lowest BCUT2D eigenvalue weighted by Crippen LogP contribution is -2.48. The maximum atomic E-state index is 14.1. The first-order valence-electron chi connectivity index (χ1n) is 12.4. The van der Waals surface area contributed by atoms with Crippen LogP contribution >= 0.6 is 0 Å². The highest BCUT2D eigenvalue weighted by molar-refractivity contribution is 6.01. The molecule has 5 heteroatoms. The maximum absolute atomic E-state index is 14.1. The van der Waals surface area contributed by atoms with Crippen LogP contribution < -0.4 is 4.74 Å². The molecule has 0 saturated carbocycles. The number of carbonyl (C=O) groups is 2. The fraction of sp³-hybridized carbons (Fsp3) is 0.333. The van der Waals surface area contributed by atoms with Crippen LogP contribution in [0.2, 0.25) is 0 Å². The Morgan fingerprint density at radius 1 is 0.914 bits per heavy atom. The fourth-order valence-electron chi connectivity index (χ4n) is 5.66. The average Bonchev–Trinajstić information content (AvgIpc) is 2.91. The van der Waals surface area contributed by atoms with E-state index < -0.39 is 5.92 Å². The molecule has 1 fully saturated rings. The van der Waals surface area contributed by atoms with Crippen molar-refractivity contribution in [2.75, 3.05) is 27.2 Å². The van der Waals surface area contributed by atoms with Crippen LogP contribution in [0.1, 0.15) is 51.8 Å². The topological polar surface area (TPSA) is 49.9 Å². The lowest BCUT2D eigenvalue weighted by molar-refractivity contribution is -0.135. The number of nitrogens with zero attached hydrogens (tertiary/aromatic N) is 2. The molecular weight excluding hydrogens is 436 g/mol. The minimum Gasteiger partial charge on any atom is -0.497 e. The maximum Gasteiger partial charge on any atom is 0.254 e. The van der Waals surface area contributed by atoms with Crippen LogP contribution in [0.3, 0.4) is 0 Å². The zero-order valence-corrected chi connectivity index (χ0v) is 20.4. The Balaban J connectivity index is 1.41. The van der Waals surface area contributed by atoms with Crippen molar-refractivity contribution in [2.24, 2.45) is 5.92 Å². The van der Waals surface area contributed by atoms with Gasteiger partial charge < -0.3 is 14.5 Å². The highest BCUT2D eigenvalue weighted by Crippen LogP contribution is 2.43. The summed E-state index contributed by atoms with van der Waals surface area (Å²) in [5.41, 5.74) is 3.75. The van der Waals surface area contributed by atoms with Gasteiger partial charge in [-0.25, -0.2) is 0 Å². The molecular formula is C30H32N2O3. The normalized spacial score (nSPS) is 20.5. The van der Waals surface area contributed by atoms with Gasteiger partial charge in [-0.1, -0.05) is 60.7 Å². The van der Waals surface area contributed by atoms with Gasteiger partial charge in [0.2, 0.25) is 5.91 Å². The molecule has 3 aromatic rings. The molecule has 0 bridgehead atoms. The second kappa shape index (κ2) is 9.95. The molecule has 180 valence electrons. The van der Waals surface area contributed by atoms with E-state index in [1.54, 1.807) is 19.1 Å². The number of benzene rings is 3. The molecule has 5 rings (SSSR count). The molecule has 3 aromatic carbocycles. The second-order valence-corrected chi connectivity index (χ2v) is 9.66. The third-order valence-corrected chi connectivity index (χ3v) is 7.60. The summed E-state index contributed by atoms with van der Waals surface area (Å²) < 4.78 is 5.33. The molecule has 2 aliphatic heterocycles. The molecule has 0 N–H and O–H groups in total.